The zero-order valence-electron chi connectivity index (χ0n) is 19.6. The first-order valence-electron chi connectivity index (χ1n) is 12.2. The van der Waals surface area contributed by atoms with Crippen LogP contribution in [0.3, 0.4) is 0 Å². The molecule has 0 radical (unpaired) electrons. The molecule has 2 aliphatic carbocycles. The highest BCUT2D eigenvalue weighted by molar-refractivity contribution is 7.99. The number of alkyl halides is 3. The Hall–Kier alpha value is -2.09. The van der Waals surface area contributed by atoms with Gasteiger partial charge in [0.1, 0.15) is 0 Å². The Morgan fingerprint density at radius 1 is 1.09 bits per heavy atom. The lowest BCUT2D eigenvalue weighted by molar-refractivity contribution is -0.142. The molecule has 3 aliphatic rings. The topological polar surface area (TPSA) is 46.1 Å². The second-order valence-corrected chi connectivity index (χ2v) is 11.0. The molecule has 1 aliphatic heterocycles. The molecule has 2 fully saturated rings. The summed E-state index contributed by atoms with van der Waals surface area (Å²) in [7, 11) is 0. The van der Waals surface area contributed by atoms with Crippen LogP contribution in [0.5, 0.6) is 0 Å². The highest BCUT2D eigenvalue weighted by atomic mass is 32.2. The Morgan fingerprint density at radius 2 is 1.88 bits per heavy atom. The zero-order chi connectivity index (χ0) is 24.0. The summed E-state index contributed by atoms with van der Waals surface area (Å²) in [5.74, 6) is 1.26. The van der Waals surface area contributed by atoms with Crippen LogP contribution in [0, 0.1) is 11.8 Å². The number of likely N-dealkylation sites (tertiary alicyclic amines) is 1. The largest absolute Gasteiger partial charge is 0.433 e. The number of benzene rings is 1. The number of fused-ring (bicyclic) bond motifs is 4. The molecule has 1 amide bonds. The molecular formula is C26H30F3N3OS. The molecule has 1 saturated heterocycles. The van der Waals surface area contributed by atoms with Crippen molar-refractivity contribution in [1.29, 1.82) is 0 Å². The molecule has 4 atom stereocenters. The van der Waals surface area contributed by atoms with Crippen LogP contribution in [-0.2, 0) is 23.8 Å². The lowest BCUT2D eigenvalue weighted by Gasteiger charge is -2.49. The maximum Gasteiger partial charge on any atom is 0.433 e. The lowest BCUT2D eigenvalue weighted by Crippen LogP contribution is -2.55. The number of amides is 1. The van der Waals surface area contributed by atoms with E-state index >= 15 is 0 Å². The molecule has 8 heteroatoms. The van der Waals surface area contributed by atoms with E-state index < -0.39 is 11.9 Å². The van der Waals surface area contributed by atoms with Crippen molar-refractivity contribution in [1.82, 2.24) is 14.9 Å². The number of thioether (sulfide) groups is 1. The van der Waals surface area contributed by atoms with Crippen molar-refractivity contribution in [3.8, 4) is 11.3 Å². The number of halogens is 3. The van der Waals surface area contributed by atoms with Gasteiger partial charge in [0.25, 0.3) is 0 Å². The minimum Gasteiger partial charge on any atom is -0.336 e. The van der Waals surface area contributed by atoms with Gasteiger partial charge in [-0.1, -0.05) is 43.0 Å². The highest BCUT2D eigenvalue weighted by Crippen LogP contribution is 2.42. The van der Waals surface area contributed by atoms with Gasteiger partial charge in [-0.05, 0) is 69.3 Å². The minimum atomic E-state index is -4.56. The SMILES string of the molecule is C[C@@H]1CC[C@@H]2[C@H](CC[C@H](C)N2C(=O)CSc2nc3c(c(C(F)(F)F)n2)CCc2ccccc2-3)C1. The van der Waals surface area contributed by atoms with E-state index in [1.54, 1.807) is 0 Å². The van der Waals surface area contributed by atoms with Gasteiger partial charge in [0.2, 0.25) is 5.91 Å². The van der Waals surface area contributed by atoms with Gasteiger partial charge in [0.15, 0.2) is 10.9 Å². The molecule has 1 saturated carbocycles. The predicted octanol–water partition coefficient (Wildman–Crippen LogP) is 6.17. The van der Waals surface area contributed by atoms with Gasteiger partial charge in [0, 0.05) is 23.2 Å². The first-order valence-corrected chi connectivity index (χ1v) is 13.2. The number of piperidine rings is 1. The number of aromatic nitrogens is 2. The number of aryl methyl sites for hydroxylation is 1. The molecule has 34 heavy (non-hydrogen) atoms. The Labute approximate surface area is 202 Å². The third kappa shape index (κ3) is 4.45. The van der Waals surface area contributed by atoms with Crippen molar-refractivity contribution in [3.05, 3.63) is 41.1 Å². The smallest absolute Gasteiger partial charge is 0.336 e. The molecule has 2 heterocycles. The van der Waals surface area contributed by atoms with Crippen molar-refractivity contribution < 1.29 is 18.0 Å². The lowest BCUT2D eigenvalue weighted by atomic mass is 9.73. The minimum absolute atomic E-state index is 0.0166. The molecule has 0 spiro atoms. The molecular weight excluding hydrogens is 459 g/mol. The molecule has 5 rings (SSSR count). The van der Waals surface area contributed by atoms with E-state index in [9.17, 15) is 18.0 Å². The zero-order valence-corrected chi connectivity index (χ0v) is 20.4. The van der Waals surface area contributed by atoms with Crippen LogP contribution < -0.4 is 0 Å². The molecule has 0 bridgehead atoms. The van der Waals surface area contributed by atoms with Crippen molar-refractivity contribution in [2.75, 3.05) is 5.75 Å². The molecule has 0 N–H and O–H groups in total. The van der Waals surface area contributed by atoms with Crippen LogP contribution in [0.1, 0.15) is 62.8 Å². The van der Waals surface area contributed by atoms with Crippen LogP contribution >= 0.6 is 11.8 Å². The molecule has 1 aromatic carbocycles. The van der Waals surface area contributed by atoms with E-state index in [1.165, 1.54) is 0 Å². The van der Waals surface area contributed by atoms with Gasteiger partial charge in [-0.2, -0.15) is 13.2 Å². The molecule has 1 aromatic heterocycles. The van der Waals surface area contributed by atoms with E-state index in [0.717, 1.165) is 55.0 Å². The summed E-state index contributed by atoms with van der Waals surface area (Å²) in [5.41, 5.74) is 1.37. The molecule has 2 aromatic rings. The Balaban J connectivity index is 1.40. The number of carbonyl (C=O) groups excluding carboxylic acids is 1. The van der Waals surface area contributed by atoms with Gasteiger partial charge in [-0.3, -0.25) is 4.79 Å². The van der Waals surface area contributed by atoms with E-state index in [1.807, 2.05) is 29.2 Å². The van der Waals surface area contributed by atoms with Gasteiger partial charge in [-0.15, -0.1) is 0 Å². The van der Waals surface area contributed by atoms with Crippen molar-refractivity contribution in [3.63, 3.8) is 0 Å². The van der Waals surface area contributed by atoms with Crippen LogP contribution in [-0.4, -0.2) is 38.6 Å². The van der Waals surface area contributed by atoms with Crippen molar-refractivity contribution in [2.45, 2.75) is 82.2 Å². The van der Waals surface area contributed by atoms with E-state index in [4.69, 9.17) is 0 Å². The van der Waals surface area contributed by atoms with E-state index in [0.29, 0.717) is 24.0 Å². The van der Waals surface area contributed by atoms with Crippen molar-refractivity contribution in [2.24, 2.45) is 11.8 Å². The monoisotopic (exact) mass is 489 g/mol. The predicted molar refractivity (Wildman–Crippen MR) is 126 cm³/mol. The summed E-state index contributed by atoms with van der Waals surface area (Å²) >= 11 is 1.03. The van der Waals surface area contributed by atoms with Crippen LogP contribution in [0.2, 0.25) is 0 Å². The Bertz CT molecular complexity index is 1090. The molecule has 182 valence electrons. The fourth-order valence-corrected chi connectivity index (χ4v) is 6.88. The Morgan fingerprint density at radius 3 is 2.68 bits per heavy atom. The van der Waals surface area contributed by atoms with Gasteiger partial charge in [0.05, 0.1) is 11.4 Å². The number of nitrogens with zero attached hydrogens (tertiary/aromatic N) is 3. The maximum atomic E-state index is 13.9. The quantitative estimate of drug-likeness (QED) is 0.382. The number of rotatable bonds is 3. The third-order valence-electron chi connectivity index (χ3n) is 7.78. The van der Waals surface area contributed by atoms with Crippen LogP contribution in [0.15, 0.2) is 29.4 Å². The molecule has 4 nitrogen and oxygen atoms in total. The average Bonchev–Trinajstić information content (AvgIpc) is 2.81. The third-order valence-corrected chi connectivity index (χ3v) is 8.61. The maximum absolute atomic E-state index is 13.9. The van der Waals surface area contributed by atoms with Crippen LogP contribution in [0.25, 0.3) is 11.3 Å². The summed E-state index contributed by atoms with van der Waals surface area (Å²) in [5, 5.41) is 0.0228. The Kier molecular flexibility index (Phi) is 6.38. The summed E-state index contributed by atoms with van der Waals surface area (Å²) in [6, 6.07) is 7.87. The van der Waals surface area contributed by atoms with E-state index in [-0.39, 0.29) is 40.9 Å². The van der Waals surface area contributed by atoms with Crippen molar-refractivity contribution >= 4 is 17.7 Å². The number of hydrogen-bond donors (Lipinski definition) is 0. The van der Waals surface area contributed by atoms with E-state index in [2.05, 4.69) is 23.8 Å². The second kappa shape index (κ2) is 9.17. The first-order chi connectivity index (χ1) is 16.2. The highest BCUT2D eigenvalue weighted by Gasteiger charge is 2.41. The summed E-state index contributed by atoms with van der Waals surface area (Å²) < 4.78 is 41.7. The van der Waals surface area contributed by atoms with Gasteiger partial charge >= 0.3 is 6.18 Å². The fourth-order valence-electron chi connectivity index (χ4n) is 6.16. The number of carbonyl (C=O) groups is 1. The normalized spacial score (nSPS) is 26.4. The second-order valence-electron chi connectivity index (χ2n) is 10.1. The summed E-state index contributed by atoms with van der Waals surface area (Å²) in [6.45, 7) is 4.37. The number of hydrogen-bond acceptors (Lipinski definition) is 4. The average molecular weight is 490 g/mol. The summed E-state index contributed by atoms with van der Waals surface area (Å²) in [4.78, 5) is 23.8. The summed E-state index contributed by atoms with van der Waals surface area (Å²) in [6.07, 6.45) is 1.64. The standard InChI is InChI=1S/C26H30F3N3OS/c1-15-7-12-21-18(13-15)9-8-16(2)32(21)22(33)14-34-25-30-23-19-6-4-3-5-17(19)10-11-20(23)24(31-25)26(27,28)29/h3-6,15-16,18,21H,7-14H2,1-2H3/t15-,16+,18-,21-/m1/s1. The van der Waals surface area contributed by atoms with Crippen LogP contribution in [0.4, 0.5) is 13.2 Å². The first kappa shape index (κ1) is 23.6. The molecule has 0 unspecified atom stereocenters. The van der Waals surface area contributed by atoms with Gasteiger partial charge < -0.3 is 4.90 Å². The van der Waals surface area contributed by atoms with Gasteiger partial charge in [-0.25, -0.2) is 9.97 Å². The fraction of sp³-hybridized carbons (Fsp3) is 0.577.